The molecule has 21 heavy (non-hydrogen) atoms. The zero-order chi connectivity index (χ0) is 14.2. The fourth-order valence-electron chi connectivity index (χ4n) is 2.60. The molecule has 0 unspecified atom stereocenters. The van der Waals surface area contributed by atoms with Crippen molar-refractivity contribution in [2.45, 2.75) is 31.8 Å². The summed E-state index contributed by atoms with van der Waals surface area (Å²) in [6, 6.07) is 10.0. The molecule has 108 valence electrons. The number of para-hydroxylation sites is 1. The summed E-state index contributed by atoms with van der Waals surface area (Å²) in [7, 11) is 2.05. The van der Waals surface area contributed by atoms with Crippen LogP contribution in [0.25, 0.3) is 11.0 Å². The van der Waals surface area contributed by atoms with Crippen LogP contribution in [0.4, 0.5) is 0 Å². The molecule has 1 aliphatic rings. The van der Waals surface area contributed by atoms with Gasteiger partial charge < -0.3 is 9.05 Å². The third-order valence-electron chi connectivity index (χ3n) is 3.86. The fourth-order valence-corrected chi connectivity index (χ4v) is 2.60. The summed E-state index contributed by atoms with van der Waals surface area (Å²) in [6.45, 7) is 1.47. The lowest BCUT2D eigenvalue weighted by Crippen LogP contribution is -2.17. The second-order valence-corrected chi connectivity index (χ2v) is 5.79. The van der Waals surface area contributed by atoms with E-state index in [4.69, 9.17) is 9.05 Å². The zero-order valence-electron chi connectivity index (χ0n) is 12.0. The molecule has 1 aromatic carbocycles. The van der Waals surface area contributed by atoms with Crippen molar-refractivity contribution in [1.82, 2.24) is 15.2 Å². The molecule has 0 atom stereocenters. The van der Waals surface area contributed by atoms with Gasteiger partial charge in [-0.2, -0.15) is 0 Å². The quantitative estimate of drug-likeness (QED) is 0.719. The summed E-state index contributed by atoms with van der Waals surface area (Å²) in [4.78, 5) is 2.17. The van der Waals surface area contributed by atoms with Crippen LogP contribution >= 0.6 is 0 Å². The molecule has 0 bridgehead atoms. The first-order valence-corrected chi connectivity index (χ1v) is 7.27. The number of nitrogens with zero attached hydrogens (tertiary/aromatic N) is 3. The summed E-state index contributed by atoms with van der Waals surface area (Å²) in [6.07, 6.45) is 2.46. The van der Waals surface area contributed by atoms with Crippen molar-refractivity contribution in [2.24, 2.45) is 0 Å². The molecular weight excluding hydrogens is 266 g/mol. The van der Waals surface area contributed by atoms with Gasteiger partial charge in [-0.1, -0.05) is 22.4 Å². The van der Waals surface area contributed by atoms with E-state index < -0.39 is 0 Å². The summed E-state index contributed by atoms with van der Waals surface area (Å²) in [5.74, 6) is 1.64. The van der Waals surface area contributed by atoms with Gasteiger partial charge >= 0.3 is 0 Å². The molecule has 0 N–H and O–H groups in total. The van der Waals surface area contributed by atoms with Crippen molar-refractivity contribution in [3.8, 4) is 0 Å². The lowest BCUT2D eigenvalue weighted by Gasteiger charge is -2.12. The van der Waals surface area contributed by atoms with E-state index in [1.54, 1.807) is 0 Å². The molecule has 3 aromatic rings. The first kappa shape index (κ1) is 12.6. The van der Waals surface area contributed by atoms with Gasteiger partial charge in [0.25, 0.3) is 0 Å². The number of hydrogen-bond donors (Lipinski definition) is 0. The minimum Gasteiger partial charge on any atom is -0.361 e. The molecule has 0 saturated heterocycles. The van der Waals surface area contributed by atoms with E-state index in [1.165, 1.54) is 12.8 Å². The summed E-state index contributed by atoms with van der Waals surface area (Å²) in [5, 5.41) is 9.38. The molecule has 0 aliphatic heterocycles. The molecule has 5 nitrogen and oxygen atoms in total. The second-order valence-electron chi connectivity index (χ2n) is 5.79. The van der Waals surface area contributed by atoms with Crippen molar-refractivity contribution in [2.75, 3.05) is 7.05 Å². The average molecular weight is 283 g/mol. The molecule has 2 aromatic heterocycles. The maximum absolute atomic E-state index is 5.38. The van der Waals surface area contributed by atoms with Crippen LogP contribution in [0, 0.1) is 0 Å². The summed E-state index contributed by atoms with van der Waals surface area (Å²) in [5.41, 5.74) is 2.77. The monoisotopic (exact) mass is 283 g/mol. The van der Waals surface area contributed by atoms with Crippen molar-refractivity contribution in [3.05, 3.63) is 47.5 Å². The van der Waals surface area contributed by atoms with Crippen LogP contribution < -0.4 is 0 Å². The Labute approximate surface area is 122 Å². The van der Waals surface area contributed by atoms with E-state index in [9.17, 15) is 0 Å². The van der Waals surface area contributed by atoms with E-state index in [0.717, 1.165) is 41.2 Å². The highest BCUT2D eigenvalue weighted by Crippen LogP contribution is 2.40. The Hall–Kier alpha value is -2.14. The van der Waals surface area contributed by atoms with Gasteiger partial charge in [-0.3, -0.25) is 4.90 Å². The molecule has 2 heterocycles. The molecule has 1 fully saturated rings. The number of benzene rings is 1. The van der Waals surface area contributed by atoms with E-state index in [0.29, 0.717) is 5.92 Å². The van der Waals surface area contributed by atoms with Gasteiger partial charge in [0, 0.05) is 30.5 Å². The Kier molecular flexibility index (Phi) is 3.00. The van der Waals surface area contributed by atoms with Crippen molar-refractivity contribution in [1.29, 1.82) is 0 Å². The molecule has 0 spiro atoms. The Balaban J connectivity index is 1.46. The SMILES string of the molecule is CN(Cc1cc(C2CC2)on1)Cc1noc2ccccc12. The number of aromatic nitrogens is 2. The minimum atomic E-state index is 0.607. The molecule has 4 rings (SSSR count). The van der Waals surface area contributed by atoms with Crippen LogP contribution in [0.3, 0.4) is 0 Å². The van der Waals surface area contributed by atoms with E-state index in [1.807, 2.05) is 24.3 Å². The minimum absolute atomic E-state index is 0.607. The Bertz CT molecular complexity index is 758. The lowest BCUT2D eigenvalue weighted by atomic mass is 10.2. The zero-order valence-corrected chi connectivity index (χ0v) is 12.0. The summed E-state index contributed by atoms with van der Waals surface area (Å²) < 4.78 is 10.7. The van der Waals surface area contributed by atoms with Crippen LogP contribution in [0.2, 0.25) is 0 Å². The molecule has 0 amide bonds. The van der Waals surface area contributed by atoms with Crippen LogP contribution in [0.5, 0.6) is 0 Å². The Morgan fingerprint density at radius 3 is 2.86 bits per heavy atom. The van der Waals surface area contributed by atoms with E-state index in [-0.39, 0.29) is 0 Å². The largest absolute Gasteiger partial charge is 0.361 e. The van der Waals surface area contributed by atoms with Crippen LogP contribution in [-0.4, -0.2) is 22.3 Å². The third kappa shape index (κ3) is 2.56. The third-order valence-corrected chi connectivity index (χ3v) is 3.86. The highest BCUT2D eigenvalue weighted by atomic mass is 16.5. The van der Waals surface area contributed by atoms with Gasteiger partial charge in [0.15, 0.2) is 5.58 Å². The number of fused-ring (bicyclic) bond motifs is 1. The Morgan fingerprint density at radius 1 is 1.14 bits per heavy atom. The van der Waals surface area contributed by atoms with Crippen molar-refractivity contribution in [3.63, 3.8) is 0 Å². The first-order chi connectivity index (χ1) is 10.3. The van der Waals surface area contributed by atoms with Gasteiger partial charge in [-0.05, 0) is 32.0 Å². The molecule has 1 aliphatic carbocycles. The predicted molar refractivity (Wildman–Crippen MR) is 77.7 cm³/mol. The van der Waals surface area contributed by atoms with Crippen LogP contribution in [0.15, 0.2) is 39.4 Å². The second kappa shape index (κ2) is 5.00. The highest BCUT2D eigenvalue weighted by molar-refractivity contribution is 5.79. The van der Waals surface area contributed by atoms with Crippen LogP contribution in [-0.2, 0) is 13.1 Å². The maximum Gasteiger partial charge on any atom is 0.167 e. The standard InChI is InChI=1S/C16H17N3O2/c1-19(9-12-8-16(21-17-12)11-6-7-11)10-14-13-4-2-3-5-15(13)20-18-14/h2-5,8,11H,6-7,9-10H2,1H3. The Morgan fingerprint density at radius 2 is 2.00 bits per heavy atom. The van der Waals surface area contributed by atoms with E-state index in [2.05, 4.69) is 28.3 Å². The molecule has 5 heteroatoms. The van der Waals surface area contributed by atoms with Gasteiger partial charge in [-0.25, -0.2) is 0 Å². The molecular formula is C16H17N3O2. The fraction of sp³-hybridized carbons (Fsp3) is 0.375. The highest BCUT2D eigenvalue weighted by Gasteiger charge is 2.27. The van der Waals surface area contributed by atoms with Gasteiger partial charge in [0.1, 0.15) is 11.5 Å². The van der Waals surface area contributed by atoms with E-state index >= 15 is 0 Å². The van der Waals surface area contributed by atoms with Crippen molar-refractivity contribution >= 4 is 11.0 Å². The summed E-state index contributed by atoms with van der Waals surface area (Å²) >= 11 is 0. The smallest absolute Gasteiger partial charge is 0.167 e. The number of hydrogen-bond acceptors (Lipinski definition) is 5. The molecule has 1 saturated carbocycles. The normalized spacial score (nSPS) is 15.1. The number of rotatable bonds is 5. The predicted octanol–water partition coefficient (Wildman–Crippen LogP) is 3.33. The maximum atomic E-state index is 5.38. The average Bonchev–Trinajstić information content (AvgIpc) is 3.12. The molecule has 0 radical (unpaired) electrons. The topological polar surface area (TPSA) is 55.3 Å². The first-order valence-electron chi connectivity index (χ1n) is 7.27. The van der Waals surface area contributed by atoms with Gasteiger partial charge in [0.05, 0.1) is 5.69 Å². The van der Waals surface area contributed by atoms with Gasteiger partial charge in [0.2, 0.25) is 0 Å². The van der Waals surface area contributed by atoms with Crippen molar-refractivity contribution < 1.29 is 9.05 Å². The van der Waals surface area contributed by atoms with Gasteiger partial charge in [-0.15, -0.1) is 0 Å². The van der Waals surface area contributed by atoms with Crippen LogP contribution in [0.1, 0.15) is 35.9 Å². The lowest BCUT2D eigenvalue weighted by molar-refractivity contribution is 0.291.